The maximum absolute atomic E-state index is 5.49. The normalized spacial score (nSPS) is 14.3. The van der Waals surface area contributed by atoms with Crippen LogP contribution in [0, 0.1) is 5.92 Å². The van der Waals surface area contributed by atoms with Crippen LogP contribution >= 0.6 is 0 Å². The second-order valence-corrected chi connectivity index (χ2v) is 2.37. The fourth-order valence-corrected chi connectivity index (χ4v) is 0.727. The molecule has 0 saturated heterocycles. The van der Waals surface area contributed by atoms with Crippen molar-refractivity contribution in [3.63, 3.8) is 0 Å². The third-order valence-electron chi connectivity index (χ3n) is 1.45. The molecule has 0 aliphatic heterocycles. The molecule has 3 heteroatoms. The lowest BCUT2D eigenvalue weighted by atomic mass is 10.1. The molecule has 0 aliphatic carbocycles. The highest BCUT2D eigenvalue weighted by atomic mass is 15.3. The van der Waals surface area contributed by atoms with E-state index in [-0.39, 0.29) is 0 Å². The average Bonchev–Trinajstić information content (AvgIpc) is 2.03. The topological polar surface area (TPSA) is 50.1 Å². The quantitative estimate of drug-likeness (QED) is 0.397. The standard InChI is InChI=1S/C8H17N3/c1-4-5-8(11-10-3)7(2)6-9/h4-5,7,10-11H,1,6,9H2,2-3H3/b8-5+. The molecule has 64 valence electrons. The summed E-state index contributed by atoms with van der Waals surface area (Å²) in [6.45, 7) is 6.30. The number of hydrogen-bond donors (Lipinski definition) is 3. The Labute approximate surface area is 68.3 Å². The Morgan fingerprint density at radius 3 is 2.73 bits per heavy atom. The lowest BCUT2D eigenvalue weighted by molar-refractivity contribution is 0.569. The van der Waals surface area contributed by atoms with Gasteiger partial charge in [-0.2, -0.15) is 0 Å². The minimum absolute atomic E-state index is 0.334. The molecule has 0 aliphatic rings. The first-order chi connectivity index (χ1) is 5.26. The second kappa shape index (κ2) is 5.95. The van der Waals surface area contributed by atoms with Crippen LogP contribution in [0.1, 0.15) is 6.92 Å². The van der Waals surface area contributed by atoms with Gasteiger partial charge >= 0.3 is 0 Å². The number of hydrazine groups is 1. The number of nitrogens with one attached hydrogen (secondary N) is 2. The molecular weight excluding hydrogens is 138 g/mol. The van der Waals surface area contributed by atoms with E-state index in [0.717, 1.165) is 5.70 Å². The smallest absolute Gasteiger partial charge is 0.0302 e. The van der Waals surface area contributed by atoms with Crippen molar-refractivity contribution >= 4 is 0 Å². The number of hydrogen-bond acceptors (Lipinski definition) is 3. The lowest BCUT2D eigenvalue weighted by Crippen LogP contribution is -2.32. The molecule has 3 nitrogen and oxygen atoms in total. The zero-order valence-electron chi connectivity index (χ0n) is 7.22. The molecular formula is C8H17N3. The van der Waals surface area contributed by atoms with Crippen molar-refractivity contribution in [2.45, 2.75) is 6.92 Å². The summed E-state index contributed by atoms with van der Waals surface area (Å²) in [4.78, 5) is 0. The van der Waals surface area contributed by atoms with Crippen molar-refractivity contribution in [3.8, 4) is 0 Å². The monoisotopic (exact) mass is 155 g/mol. The van der Waals surface area contributed by atoms with Crippen molar-refractivity contribution in [1.29, 1.82) is 0 Å². The van der Waals surface area contributed by atoms with E-state index < -0.39 is 0 Å². The summed E-state index contributed by atoms with van der Waals surface area (Å²) < 4.78 is 0. The van der Waals surface area contributed by atoms with Crippen LogP contribution in [-0.2, 0) is 0 Å². The van der Waals surface area contributed by atoms with Gasteiger partial charge in [-0.15, -0.1) is 0 Å². The van der Waals surface area contributed by atoms with Gasteiger partial charge in [0.15, 0.2) is 0 Å². The fourth-order valence-electron chi connectivity index (χ4n) is 0.727. The SMILES string of the molecule is C=C/C=C(/NNC)C(C)CN. The van der Waals surface area contributed by atoms with E-state index in [1.807, 2.05) is 13.1 Å². The van der Waals surface area contributed by atoms with E-state index in [0.29, 0.717) is 12.5 Å². The van der Waals surface area contributed by atoms with E-state index in [1.54, 1.807) is 6.08 Å². The Bertz CT molecular complexity index is 140. The average molecular weight is 155 g/mol. The largest absolute Gasteiger partial charge is 0.330 e. The van der Waals surface area contributed by atoms with Crippen molar-refractivity contribution in [2.24, 2.45) is 11.7 Å². The fraction of sp³-hybridized carbons (Fsp3) is 0.500. The third-order valence-corrected chi connectivity index (χ3v) is 1.45. The van der Waals surface area contributed by atoms with Gasteiger partial charge in [-0.05, 0) is 6.08 Å². The van der Waals surface area contributed by atoms with Gasteiger partial charge in [0, 0.05) is 25.2 Å². The number of rotatable bonds is 5. The highest BCUT2D eigenvalue weighted by Crippen LogP contribution is 2.03. The van der Waals surface area contributed by atoms with Gasteiger partial charge in [0.25, 0.3) is 0 Å². The van der Waals surface area contributed by atoms with Crippen LogP contribution in [0.4, 0.5) is 0 Å². The van der Waals surface area contributed by atoms with Crippen LogP contribution in [0.3, 0.4) is 0 Å². The maximum atomic E-state index is 5.49. The molecule has 11 heavy (non-hydrogen) atoms. The van der Waals surface area contributed by atoms with E-state index in [2.05, 4.69) is 24.4 Å². The van der Waals surface area contributed by atoms with E-state index in [4.69, 9.17) is 5.73 Å². The molecule has 0 bridgehead atoms. The second-order valence-electron chi connectivity index (χ2n) is 2.37. The first-order valence-electron chi connectivity index (χ1n) is 3.71. The van der Waals surface area contributed by atoms with Gasteiger partial charge in [-0.25, -0.2) is 5.43 Å². The predicted molar refractivity (Wildman–Crippen MR) is 48.7 cm³/mol. The summed E-state index contributed by atoms with van der Waals surface area (Å²) in [6, 6.07) is 0. The number of allylic oxidation sites excluding steroid dienone is 2. The molecule has 0 heterocycles. The molecule has 1 unspecified atom stereocenters. The lowest BCUT2D eigenvalue weighted by Gasteiger charge is -2.14. The molecule has 0 rings (SSSR count). The van der Waals surface area contributed by atoms with E-state index in [9.17, 15) is 0 Å². The van der Waals surface area contributed by atoms with Gasteiger partial charge < -0.3 is 11.2 Å². The summed E-state index contributed by atoms with van der Waals surface area (Å²) in [7, 11) is 1.82. The molecule has 0 fully saturated rings. The molecule has 4 N–H and O–H groups in total. The molecule has 0 spiro atoms. The Balaban J connectivity index is 4.08. The maximum Gasteiger partial charge on any atom is 0.0302 e. The van der Waals surface area contributed by atoms with Crippen molar-refractivity contribution in [2.75, 3.05) is 13.6 Å². The highest BCUT2D eigenvalue weighted by molar-refractivity contribution is 5.10. The van der Waals surface area contributed by atoms with Gasteiger partial charge in [0.05, 0.1) is 0 Å². The zero-order valence-corrected chi connectivity index (χ0v) is 7.22. The number of nitrogens with two attached hydrogens (primary N) is 1. The Kier molecular flexibility index (Phi) is 5.51. The molecule has 0 radical (unpaired) electrons. The van der Waals surface area contributed by atoms with Crippen LogP contribution in [0.15, 0.2) is 24.4 Å². The van der Waals surface area contributed by atoms with Crippen LogP contribution in [0.2, 0.25) is 0 Å². The molecule has 0 saturated carbocycles. The van der Waals surface area contributed by atoms with E-state index in [1.165, 1.54) is 0 Å². The van der Waals surface area contributed by atoms with Crippen LogP contribution < -0.4 is 16.6 Å². The molecule has 1 atom stereocenters. The molecule has 0 aromatic carbocycles. The molecule has 0 aromatic rings. The first kappa shape index (κ1) is 10.2. The minimum Gasteiger partial charge on any atom is -0.330 e. The Morgan fingerprint density at radius 1 is 1.73 bits per heavy atom. The summed E-state index contributed by atoms with van der Waals surface area (Å²) in [5.41, 5.74) is 12.4. The van der Waals surface area contributed by atoms with Gasteiger partial charge in [-0.3, -0.25) is 0 Å². The molecule has 0 aromatic heterocycles. The van der Waals surface area contributed by atoms with Gasteiger partial charge in [-0.1, -0.05) is 19.6 Å². The predicted octanol–water partition coefficient (Wildman–Crippen LogP) is 0.375. The summed E-state index contributed by atoms with van der Waals surface area (Å²) >= 11 is 0. The van der Waals surface area contributed by atoms with Gasteiger partial charge in [0.2, 0.25) is 0 Å². The van der Waals surface area contributed by atoms with Crippen molar-refractivity contribution < 1.29 is 0 Å². The van der Waals surface area contributed by atoms with Crippen LogP contribution in [-0.4, -0.2) is 13.6 Å². The van der Waals surface area contributed by atoms with Crippen LogP contribution in [0.5, 0.6) is 0 Å². The van der Waals surface area contributed by atoms with Crippen molar-refractivity contribution in [1.82, 2.24) is 10.9 Å². The zero-order chi connectivity index (χ0) is 8.69. The van der Waals surface area contributed by atoms with Crippen molar-refractivity contribution in [3.05, 3.63) is 24.4 Å². The molecule has 0 amide bonds. The van der Waals surface area contributed by atoms with Crippen LogP contribution in [0.25, 0.3) is 0 Å². The Hall–Kier alpha value is -0.800. The highest BCUT2D eigenvalue weighted by Gasteiger charge is 2.03. The first-order valence-corrected chi connectivity index (χ1v) is 3.71. The third kappa shape index (κ3) is 3.80. The summed E-state index contributed by atoms with van der Waals surface area (Å²) in [6.07, 6.45) is 3.65. The minimum atomic E-state index is 0.334. The Morgan fingerprint density at radius 2 is 2.36 bits per heavy atom. The summed E-state index contributed by atoms with van der Waals surface area (Å²) in [5.74, 6) is 0.334. The van der Waals surface area contributed by atoms with E-state index >= 15 is 0 Å². The summed E-state index contributed by atoms with van der Waals surface area (Å²) in [5, 5.41) is 0. The van der Waals surface area contributed by atoms with Gasteiger partial charge in [0.1, 0.15) is 0 Å².